The minimum atomic E-state index is 0.494. The van der Waals surface area contributed by atoms with Gasteiger partial charge in [-0.15, -0.1) is 0 Å². The van der Waals surface area contributed by atoms with E-state index < -0.39 is 0 Å². The van der Waals surface area contributed by atoms with Crippen LogP contribution in [0.5, 0.6) is 0 Å². The second-order valence-electron chi connectivity index (χ2n) is 4.03. The number of halogens is 1. The summed E-state index contributed by atoms with van der Waals surface area (Å²) in [5.74, 6) is 1.57. The van der Waals surface area contributed by atoms with Gasteiger partial charge < -0.3 is 14.6 Å². The largest absolute Gasteiger partial charge is 0.469 e. The number of hydrogen-bond acceptors (Lipinski definition) is 4. The number of hydrogen-bond donors (Lipinski definition) is 1. The van der Waals surface area contributed by atoms with Crippen LogP contribution in [0.25, 0.3) is 11.1 Å². The highest BCUT2D eigenvalue weighted by Gasteiger charge is 2.09. The Kier molecular flexibility index (Phi) is 2.72. The lowest BCUT2D eigenvalue weighted by Crippen LogP contribution is -1.89. The van der Waals surface area contributed by atoms with Gasteiger partial charge in [0.2, 0.25) is 0 Å². The number of benzene rings is 1. The maximum absolute atomic E-state index is 5.93. The summed E-state index contributed by atoms with van der Waals surface area (Å²) < 4.78 is 10.9. The molecule has 1 aromatic carbocycles. The molecule has 3 aromatic rings. The maximum atomic E-state index is 5.93. The Morgan fingerprint density at radius 2 is 2.17 bits per heavy atom. The second kappa shape index (κ2) is 4.38. The van der Waals surface area contributed by atoms with Crippen LogP contribution in [0.4, 0.5) is 5.69 Å². The Labute approximate surface area is 108 Å². The third kappa shape index (κ3) is 2.07. The topological polar surface area (TPSA) is 65.2 Å². The number of nitrogen functional groups attached to an aromatic ring is 1. The van der Waals surface area contributed by atoms with E-state index in [1.165, 1.54) is 0 Å². The van der Waals surface area contributed by atoms with E-state index in [-0.39, 0.29) is 0 Å². The molecule has 0 fully saturated rings. The first-order valence-corrected chi connectivity index (χ1v) is 5.97. The molecule has 0 aliphatic rings. The number of anilines is 1. The van der Waals surface area contributed by atoms with Gasteiger partial charge in [0.1, 0.15) is 11.3 Å². The Bertz CT molecular complexity index is 635. The average Bonchev–Trinajstić information content (AvgIpc) is 2.96. The first kappa shape index (κ1) is 11.2. The van der Waals surface area contributed by atoms with Gasteiger partial charge in [-0.3, -0.25) is 0 Å². The van der Waals surface area contributed by atoms with Gasteiger partial charge in [-0.05, 0) is 18.2 Å². The van der Waals surface area contributed by atoms with E-state index in [1.807, 2.05) is 12.1 Å². The molecule has 3 rings (SSSR count). The predicted molar refractivity (Wildman–Crippen MR) is 69.5 cm³/mol. The molecule has 92 valence electrons. The molecule has 0 amide bonds. The van der Waals surface area contributed by atoms with Crippen molar-refractivity contribution in [3.63, 3.8) is 0 Å². The molecule has 2 aromatic heterocycles. The summed E-state index contributed by atoms with van der Waals surface area (Å²) in [6.07, 6.45) is 3.09. The van der Waals surface area contributed by atoms with Crippen molar-refractivity contribution in [2.24, 2.45) is 0 Å². The van der Waals surface area contributed by atoms with E-state index in [2.05, 4.69) is 4.98 Å². The molecule has 0 spiro atoms. The quantitative estimate of drug-likeness (QED) is 0.734. The van der Waals surface area contributed by atoms with Crippen LogP contribution in [0.1, 0.15) is 11.7 Å². The highest BCUT2D eigenvalue weighted by atomic mass is 35.5. The van der Waals surface area contributed by atoms with E-state index in [0.717, 1.165) is 17.7 Å². The lowest BCUT2D eigenvalue weighted by Gasteiger charge is -1.94. The summed E-state index contributed by atoms with van der Waals surface area (Å²) in [6.45, 7) is 0. The molecule has 0 atom stereocenters. The van der Waals surface area contributed by atoms with Crippen molar-refractivity contribution in [1.82, 2.24) is 4.98 Å². The molecule has 5 heteroatoms. The molecule has 0 bridgehead atoms. The molecule has 4 nitrogen and oxygen atoms in total. The molecule has 0 saturated heterocycles. The van der Waals surface area contributed by atoms with Crippen molar-refractivity contribution in [2.45, 2.75) is 12.8 Å². The number of oxazole rings is 1. The predicted octanol–water partition coefficient (Wildman–Crippen LogP) is 3.44. The molecule has 0 aliphatic carbocycles. The number of aryl methyl sites for hydroxylation is 2. The molecule has 2 heterocycles. The van der Waals surface area contributed by atoms with E-state index in [1.54, 1.807) is 18.4 Å². The van der Waals surface area contributed by atoms with Crippen molar-refractivity contribution >= 4 is 28.4 Å². The van der Waals surface area contributed by atoms with Crippen LogP contribution in [0.15, 0.2) is 39.4 Å². The molecule has 0 aliphatic heterocycles. The van der Waals surface area contributed by atoms with Crippen LogP contribution in [-0.2, 0) is 12.8 Å². The zero-order chi connectivity index (χ0) is 12.5. The van der Waals surface area contributed by atoms with Crippen LogP contribution in [-0.4, -0.2) is 4.98 Å². The summed E-state index contributed by atoms with van der Waals surface area (Å²) in [4.78, 5) is 4.37. The van der Waals surface area contributed by atoms with Crippen molar-refractivity contribution in [2.75, 3.05) is 5.73 Å². The van der Waals surface area contributed by atoms with Crippen molar-refractivity contribution in [3.8, 4) is 0 Å². The Morgan fingerprint density at radius 3 is 2.94 bits per heavy atom. The third-order valence-electron chi connectivity index (χ3n) is 2.72. The van der Waals surface area contributed by atoms with Gasteiger partial charge in [0, 0.05) is 18.9 Å². The highest BCUT2D eigenvalue weighted by Crippen LogP contribution is 2.26. The number of fused-ring (bicyclic) bond motifs is 1. The van der Waals surface area contributed by atoms with E-state index in [9.17, 15) is 0 Å². The monoisotopic (exact) mass is 262 g/mol. The van der Waals surface area contributed by atoms with E-state index in [4.69, 9.17) is 26.2 Å². The fourth-order valence-corrected chi connectivity index (χ4v) is 1.96. The second-order valence-corrected chi connectivity index (χ2v) is 4.44. The number of aromatic nitrogens is 1. The molecule has 18 heavy (non-hydrogen) atoms. The number of furan rings is 1. The zero-order valence-electron chi connectivity index (χ0n) is 9.52. The van der Waals surface area contributed by atoms with Crippen LogP contribution in [0.2, 0.25) is 5.02 Å². The lowest BCUT2D eigenvalue weighted by molar-refractivity contribution is 0.480. The maximum Gasteiger partial charge on any atom is 0.195 e. The molecule has 0 radical (unpaired) electrons. The summed E-state index contributed by atoms with van der Waals surface area (Å²) in [5, 5.41) is 0.494. The highest BCUT2D eigenvalue weighted by molar-refractivity contribution is 6.33. The standard InChI is InChI=1S/C13H11ClN2O2/c14-9-6-11-12(7-10(9)15)18-13(16-11)4-3-8-2-1-5-17-8/h1-2,5-7H,3-4,15H2. The molecule has 2 N–H and O–H groups in total. The number of nitrogens with zero attached hydrogens (tertiary/aromatic N) is 1. The molecular weight excluding hydrogens is 252 g/mol. The normalized spacial score (nSPS) is 11.2. The van der Waals surface area contributed by atoms with Crippen LogP contribution >= 0.6 is 11.6 Å². The average molecular weight is 263 g/mol. The van der Waals surface area contributed by atoms with E-state index >= 15 is 0 Å². The number of rotatable bonds is 3. The SMILES string of the molecule is Nc1cc2oc(CCc3ccco3)nc2cc1Cl. The van der Waals surface area contributed by atoms with Gasteiger partial charge in [0.15, 0.2) is 11.5 Å². The minimum Gasteiger partial charge on any atom is -0.469 e. The van der Waals surface area contributed by atoms with Gasteiger partial charge in [-0.1, -0.05) is 11.6 Å². The Morgan fingerprint density at radius 1 is 1.28 bits per heavy atom. The van der Waals surface area contributed by atoms with Gasteiger partial charge >= 0.3 is 0 Å². The smallest absolute Gasteiger partial charge is 0.195 e. The lowest BCUT2D eigenvalue weighted by atomic mass is 10.2. The first-order chi connectivity index (χ1) is 8.72. The van der Waals surface area contributed by atoms with Gasteiger partial charge in [0.25, 0.3) is 0 Å². The first-order valence-electron chi connectivity index (χ1n) is 5.59. The van der Waals surface area contributed by atoms with Crippen molar-refractivity contribution in [3.05, 3.63) is 47.2 Å². The summed E-state index contributed by atoms with van der Waals surface area (Å²) in [5.41, 5.74) is 7.59. The Hall–Kier alpha value is -1.94. The van der Waals surface area contributed by atoms with E-state index in [0.29, 0.717) is 28.6 Å². The van der Waals surface area contributed by atoms with Gasteiger partial charge in [-0.25, -0.2) is 4.98 Å². The zero-order valence-corrected chi connectivity index (χ0v) is 10.3. The minimum absolute atomic E-state index is 0.494. The molecule has 0 unspecified atom stereocenters. The summed E-state index contributed by atoms with van der Waals surface area (Å²) >= 11 is 5.93. The van der Waals surface area contributed by atoms with Crippen molar-refractivity contribution < 1.29 is 8.83 Å². The molecule has 0 saturated carbocycles. The Balaban J connectivity index is 1.85. The van der Waals surface area contributed by atoms with Crippen LogP contribution in [0, 0.1) is 0 Å². The molecular formula is C13H11ClN2O2. The number of nitrogens with two attached hydrogens (primary N) is 1. The fraction of sp³-hybridized carbons (Fsp3) is 0.154. The van der Waals surface area contributed by atoms with Crippen LogP contribution in [0.3, 0.4) is 0 Å². The summed E-state index contributed by atoms with van der Waals surface area (Å²) in [7, 11) is 0. The summed E-state index contributed by atoms with van der Waals surface area (Å²) in [6, 6.07) is 7.20. The van der Waals surface area contributed by atoms with Crippen molar-refractivity contribution in [1.29, 1.82) is 0 Å². The van der Waals surface area contributed by atoms with Gasteiger partial charge in [0.05, 0.1) is 17.0 Å². The van der Waals surface area contributed by atoms with Crippen LogP contribution < -0.4 is 5.73 Å². The fourth-order valence-electron chi connectivity index (χ4n) is 1.80. The third-order valence-corrected chi connectivity index (χ3v) is 3.04. The van der Waals surface area contributed by atoms with Gasteiger partial charge in [-0.2, -0.15) is 0 Å².